The lowest BCUT2D eigenvalue weighted by Gasteiger charge is -2.25. The Bertz CT molecular complexity index is 861. The van der Waals surface area contributed by atoms with Crippen LogP contribution in [0, 0.1) is 0 Å². The summed E-state index contributed by atoms with van der Waals surface area (Å²) >= 11 is 0. The fourth-order valence-corrected chi connectivity index (χ4v) is 2.98. The van der Waals surface area contributed by atoms with E-state index in [-0.39, 0.29) is 28.4 Å². The molecule has 2 aromatic rings. The van der Waals surface area contributed by atoms with E-state index in [9.17, 15) is 14.7 Å². The second kappa shape index (κ2) is 7.27. The molecule has 0 bridgehead atoms. The highest BCUT2D eigenvalue weighted by Crippen LogP contribution is 2.37. The van der Waals surface area contributed by atoms with Crippen molar-refractivity contribution < 1.29 is 24.2 Å². The molecule has 0 aliphatic heterocycles. The first kappa shape index (κ1) is 18.1. The summed E-state index contributed by atoms with van der Waals surface area (Å²) in [6, 6.07) is 9.76. The van der Waals surface area contributed by atoms with Gasteiger partial charge >= 0.3 is 0 Å². The van der Waals surface area contributed by atoms with Crippen molar-refractivity contribution in [1.29, 1.82) is 0 Å². The molecule has 0 fully saturated rings. The SMILES string of the molecule is CCC(Nc1ccc2c(c1O)C(=O)c1ccccc1C2=O)OC(C)OC. The Morgan fingerprint density at radius 1 is 1.04 bits per heavy atom. The Hall–Kier alpha value is -2.70. The number of carbonyl (C=O) groups is 2. The van der Waals surface area contributed by atoms with Crippen LogP contribution in [0.4, 0.5) is 5.69 Å². The van der Waals surface area contributed by atoms with Crippen molar-refractivity contribution >= 4 is 17.3 Å². The van der Waals surface area contributed by atoms with Gasteiger partial charge < -0.3 is 19.9 Å². The highest BCUT2D eigenvalue weighted by Gasteiger charge is 2.33. The second-order valence-electron chi connectivity index (χ2n) is 6.07. The van der Waals surface area contributed by atoms with Gasteiger partial charge in [0.1, 0.15) is 6.23 Å². The number of phenolic OH excluding ortho intramolecular Hbond substituents is 1. The van der Waals surface area contributed by atoms with Crippen LogP contribution in [0.1, 0.15) is 52.1 Å². The number of hydrogen-bond acceptors (Lipinski definition) is 6. The highest BCUT2D eigenvalue weighted by molar-refractivity contribution is 6.29. The Morgan fingerprint density at radius 3 is 2.31 bits per heavy atom. The summed E-state index contributed by atoms with van der Waals surface area (Å²) in [4.78, 5) is 25.5. The minimum absolute atomic E-state index is 0.0216. The number of benzene rings is 2. The van der Waals surface area contributed by atoms with Gasteiger partial charge in [0.2, 0.25) is 0 Å². The maximum absolute atomic E-state index is 12.8. The minimum atomic E-state index is -0.428. The fourth-order valence-electron chi connectivity index (χ4n) is 2.98. The Labute approximate surface area is 151 Å². The smallest absolute Gasteiger partial charge is 0.198 e. The van der Waals surface area contributed by atoms with Crippen molar-refractivity contribution in [2.24, 2.45) is 0 Å². The topological polar surface area (TPSA) is 84.9 Å². The number of rotatable bonds is 6. The molecule has 0 saturated heterocycles. The van der Waals surface area contributed by atoms with Gasteiger partial charge in [0.05, 0.1) is 11.3 Å². The predicted molar refractivity (Wildman–Crippen MR) is 96.7 cm³/mol. The van der Waals surface area contributed by atoms with Gasteiger partial charge in [-0.15, -0.1) is 0 Å². The van der Waals surface area contributed by atoms with Gasteiger partial charge in [0, 0.05) is 23.8 Å². The van der Waals surface area contributed by atoms with Crippen molar-refractivity contribution in [2.75, 3.05) is 12.4 Å². The zero-order valence-corrected chi connectivity index (χ0v) is 14.9. The van der Waals surface area contributed by atoms with Gasteiger partial charge in [-0.3, -0.25) is 9.59 Å². The van der Waals surface area contributed by atoms with Crippen LogP contribution in [0.15, 0.2) is 36.4 Å². The molecule has 6 nitrogen and oxygen atoms in total. The fraction of sp³-hybridized carbons (Fsp3) is 0.300. The molecule has 0 saturated carbocycles. The van der Waals surface area contributed by atoms with Crippen LogP contribution in [0.25, 0.3) is 0 Å². The Morgan fingerprint density at radius 2 is 1.69 bits per heavy atom. The van der Waals surface area contributed by atoms with Crippen molar-refractivity contribution in [2.45, 2.75) is 32.8 Å². The summed E-state index contributed by atoms with van der Waals surface area (Å²) in [7, 11) is 1.54. The number of nitrogens with one attached hydrogen (secondary N) is 1. The van der Waals surface area contributed by atoms with Crippen molar-refractivity contribution in [1.82, 2.24) is 0 Å². The normalized spacial score (nSPS) is 15.2. The number of phenols is 1. The van der Waals surface area contributed by atoms with Crippen LogP contribution < -0.4 is 5.32 Å². The minimum Gasteiger partial charge on any atom is -0.505 e. The molecule has 2 atom stereocenters. The quantitative estimate of drug-likeness (QED) is 0.521. The number of carbonyl (C=O) groups excluding carboxylic acids is 2. The summed E-state index contributed by atoms with van der Waals surface area (Å²) in [5.41, 5.74) is 1.21. The monoisotopic (exact) mass is 355 g/mol. The summed E-state index contributed by atoms with van der Waals surface area (Å²) in [6.45, 7) is 3.68. The zero-order valence-electron chi connectivity index (χ0n) is 14.9. The predicted octanol–water partition coefficient (Wildman–Crippen LogP) is 3.32. The van der Waals surface area contributed by atoms with Gasteiger partial charge in [-0.25, -0.2) is 0 Å². The first-order valence-electron chi connectivity index (χ1n) is 8.47. The highest BCUT2D eigenvalue weighted by atomic mass is 16.7. The summed E-state index contributed by atoms with van der Waals surface area (Å²) < 4.78 is 10.7. The first-order valence-corrected chi connectivity index (χ1v) is 8.47. The maximum atomic E-state index is 12.8. The lowest BCUT2D eigenvalue weighted by molar-refractivity contribution is -0.136. The average molecular weight is 355 g/mol. The van der Waals surface area contributed by atoms with E-state index in [2.05, 4.69) is 5.32 Å². The van der Waals surface area contributed by atoms with E-state index in [0.29, 0.717) is 23.2 Å². The number of anilines is 1. The van der Waals surface area contributed by atoms with Gasteiger partial charge in [0.15, 0.2) is 23.6 Å². The number of ether oxygens (including phenoxy) is 2. The van der Waals surface area contributed by atoms with Gasteiger partial charge in [-0.05, 0) is 25.5 Å². The van der Waals surface area contributed by atoms with Crippen LogP contribution in [0.3, 0.4) is 0 Å². The summed E-state index contributed by atoms with van der Waals surface area (Å²) in [6.07, 6.45) is -0.238. The third-order valence-electron chi connectivity index (χ3n) is 4.44. The molecule has 1 aliphatic carbocycles. The van der Waals surface area contributed by atoms with E-state index >= 15 is 0 Å². The molecule has 136 valence electrons. The molecule has 0 amide bonds. The van der Waals surface area contributed by atoms with Crippen LogP contribution in [0.2, 0.25) is 0 Å². The molecule has 0 aromatic heterocycles. The molecule has 2 unspecified atom stereocenters. The Kier molecular flexibility index (Phi) is 5.06. The largest absolute Gasteiger partial charge is 0.505 e. The first-order chi connectivity index (χ1) is 12.5. The third-order valence-corrected chi connectivity index (χ3v) is 4.44. The van der Waals surface area contributed by atoms with Crippen molar-refractivity contribution in [3.63, 3.8) is 0 Å². The van der Waals surface area contributed by atoms with Crippen molar-refractivity contribution in [3.8, 4) is 5.75 Å². The zero-order chi connectivity index (χ0) is 18.8. The standard InChI is InChI=1S/C20H21NO5/c1-4-16(26-11(2)25-3)21-15-10-9-14-17(20(15)24)19(23)13-8-6-5-7-12(13)18(14)22/h5-11,16,21,24H,4H2,1-3H3. The van der Waals surface area contributed by atoms with Gasteiger partial charge in [0.25, 0.3) is 0 Å². The van der Waals surface area contributed by atoms with E-state index in [1.807, 2.05) is 6.92 Å². The summed E-state index contributed by atoms with van der Waals surface area (Å²) in [5, 5.41) is 13.7. The van der Waals surface area contributed by atoms with Crippen molar-refractivity contribution in [3.05, 3.63) is 58.7 Å². The molecule has 0 heterocycles. The molecule has 2 N–H and O–H groups in total. The van der Waals surface area contributed by atoms with E-state index in [1.54, 1.807) is 43.3 Å². The number of methoxy groups -OCH3 is 1. The van der Waals surface area contributed by atoms with Gasteiger partial charge in [-0.2, -0.15) is 0 Å². The average Bonchev–Trinajstić information content (AvgIpc) is 2.66. The van der Waals surface area contributed by atoms with E-state index in [4.69, 9.17) is 9.47 Å². The Balaban J connectivity index is 1.98. The summed E-state index contributed by atoms with van der Waals surface area (Å²) in [5.74, 6) is -0.883. The molecule has 2 aromatic carbocycles. The lowest BCUT2D eigenvalue weighted by atomic mass is 9.83. The number of aromatic hydroxyl groups is 1. The van der Waals surface area contributed by atoms with E-state index in [0.717, 1.165) is 0 Å². The molecule has 6 heteroatoms. The van der Waals surface area contributed by atoms with Crippen LogP contribution >= 0.6 is 0 Å². The number of fused-ring (bicyclic) bond motifs is 2. The second-order valence-corrected chi connectivity index (χ2v) is 6.07. The van der Waals surface area contributed by atoms with Crippen LogP contribution in [-0.2, 0) is 9.47 Å². The molecule has 0 radical (unpaired) electrons. The van der Waals surface area contributed by atoms with E-state index in [1.165, 1.54) is 7.11 Å². The molecule has 0 spiro atoms. The molecule has 3 rings (SSSR count). The number of hydrogen-bond donors (Lipinski definition) is 2. The molecule has 1 aliphatic rings. The van der Waals surface area contributed by atoms with E-state index < -0.39 is 12.5 Å². The van der Waals surface area contributed by atoms with Crippen LogP contribution in [0.5, 0.6) is 5.75 Å². The molecule has 26 heavy (non-hydrogen) atoms. The molecular formula is C20H21NO5. The number of ketones is 2. The lowest BCUT2D eigenvalue weighted by Crippen LogP contribution is -2.28. The molecular weight excluding hydrogens is 334 g/mol. The van der Waals surface area contributed by atoms with Gasteiger partial charge in [-0.1, -0.05) is 31.2 Å². The third kappa shape index (κ3) is 3.09. The maximum Gasteiger partial charge on any atom is 0.198 e. The van der Waals surface area contributed by atoms with Crippen LogP contribution in [-0.4, -0.2) is 36.3 Å².